The van der Waals surface area contributed by atoms with Crippen molar-refractivity contribution in [1.82, 2.24) is 0 Å². The first-order valence-electron chi connectivity index (χ1n) is 1.70. The first kappa shape index (κ1) is 57.7. The number of aliphatic hydroxyl groups is 1. The third kappa shape index (κ3) is 104. The van der Waals surface area contributed by atoms with E-state index < -0.39 is 0 Å². The third-order valence-electron chi connectivity index (χ3n) is 0. The van der Waals surface area contributed by atoms with Crippen LogP contribution in [0.1, 0.15) is 0 Å². The van der Waals surface area contributed by atoms with Crippen molar-refractivity contribution >= 4 is 0 Å². The quantitative estimate of drug-likeness (QED) is 0.465. The molecular weight excluding hydrogens is 247 g/mol. The van der Waals surface area contributed by atoms with Crippen LogP contribution in [0.25, 0.3) is 0 Å². The first-order valence-corrected chi connectivity index (χ1v) is 2.13. The molecule has 0 spiro atoms. The van der Waals surface area contributed by atoms with Crippen LogP contribution in [0.5, 0.6) is 0 Å². The summed E-state index contributed by atoms with van der Waals surface area (Å²) in [6.07, 6.45) is 0.750. The second-order valence-electron chi connectivity index (χ2n) is 0.100. The van der Waals surface area contributed by atoms with Gasteiger partial charge in [0.05, 0.1) is 0 Å². The van der Waals surface area contributed by atoms with Crippen molar-refractivity contribution in [2.45, 2.75) is 0 Å². The van der Waals surface area contributed by atoms with Gasteiger partial charge in [-0.05, 0) is 0 Å². The van der Waals surface area contributed by atoms with Crippen LogP contribution in [0, 0.1) is 70.7 Å². The third-order valence-corrected chi connectivity index (χ3v) is 0. The molecule has 0 radical (unpaired) electrons. The molecule has 0 heterocycles. The van der Waals surface area contributed by atoms with E-state index in [1.807, 2.05) is 0 Å². The molecule has 1 N–H and O–H groups in total. The predicted molar refractivity (Wildman–Crippen MR) is 33.1 cm³/mol. The van der Waals surface area contributed by atoms with Gasteiger partial charge in [-0.1, -0.05) is 0 Å². The Labute approximate surface area is 95.8 Å². The van der Waals surface area contributed by atoms with E-state index in [2.05, 4.69) is 15.7 Å². The van der Waals surface area contributed by atoms with Crippen molar-refractivity contribution in [1.29, 1.82) is 31.6 Å². The average Bonchev–Trinajstić information content (AvgIpc) is 2.44. The van der Waals surface area contributed by atoms with E-state index in [1.165, 1.54) is 0 Å². The fourth-order valence-electron chi connectivity index (χ4n) is 0. The summed E-state index contributed by atoms with van der Waals surface area (Å²) in [5.74, 6) is 0. The van der Waals surface area contributed by atoms with Gasteiger partial charge in [-0.25, -0.2) is 0 Å². The van der Waals surface area contributed by atoms with E-state index in [-0.39, 0.29) is 0 Å². The Morgan fingerprint density at radius 2 is 0.733 bits per heavy atom. The number of nitriles is 1. The number of nitrogens with zero attached hydrogens (tertiary/aromatic N) is 6. The van der Waals surface area contributed by atoms with Crippen LogP contribution in [-0.4, -0.2) is 5.11 Å². The zero-order chi connectivity index (χ0) is 14.7. The summed E-state index contributed by atoms with van der Waals surface area (Å²) in [5, 5.41) is 45.0. The van der Waals surface area contributed by atoms with Crippen LogP contribution in [0.4, 0.5) is 0 Å². The molecule has 0 fully saturated rings. The van der Waals surface area contributed by atoms with Crippen LogP contribution in [-0.2, 0) is 19.5 Å². The monoisotopic (exact) mass is 248 g/mol. The van der Waals surface area contributed by atoms with Crippen LogP contribution in [0.15, 0.2) is 0 Å². The van der Waals surface area contributed by atoms with Crippen LogP contribution in [0.3, 0.4) is 0 Å². The molecule has 81 valence electrons. The number of hydrogen-bond acceptors (Lipinski definition) is 8. The van der Waals surface area contributed by atoms with Crippen molar-refractivity contribution in [2.24, 2.45) is 0 Å². The molecule has 0 saturated carbocycles. The van der Waals surface area contributed by atoms with Gasteiger partial charge in [0.25, 0.3) is 6.26 Å². The van der Waals surface area contributed by atoms with Gasteiger partial charge in [-0.2, -0.15) is 5.26 Å². The number of rotatable bonds is 0. The van der Waals surface area contributed by atoms with E-state index in [9.17, 15) is 0 Å². The van der Waals surface area contributed by atoms with Crippen molar-refractivity contribution in [3.8, 4) is 6.26 Å². The zero-order valence-corrected chi connectivity index (χ0v) is 7.91. The molecule has 0 rings (SSSR count). The molecule has 8 nitrogen and oxygen atoms in total. The Bertz CT molecular complexity index is 154. The Morgan fingerprint density at radius 1 is 0.733 bits per heavy atom. The van der Waals surface area contributed by atoms with Crippen molar-refractivity contribution < 1.29 is 24.6 Å². The van der Waals surface area contributed by atoms with E-state index in [1.54, 1.807) is 0 Å². The Hall–Kier alpha value is -2.95. The molecule has 0 bridgehead atoms. The Kier molecular flexibility index (Phi) is 1120. The van der Waals surface area contributed by atoms with Gasteiger partial charge in [-0.3, -0.25) is 0 Å². The predicted octanol–water partition coefficient (Wildman–Crippen LogP) is 0.201. The minimum atomic E-state index is 0.750. The van der Waals surface area contributed by atoms with Crippen LogP contribution >= 0.6 is 0 Å². The second-order valence-corrected chi connectivity index (χ2v) is 0.100. The van der Waals surface area contributed by atoms with Crippen molar-refractivity contribution in [2.75, 3.05) is 0 Å². The topological polar surface area (TPSA) is 180 Å². The van der Waals surface area contributed by atoms with Gasteiger partial charge >= 0.3 is 19.5 Å². The van der Waals surface area contributed by atoms with E-state index in [0.717, 1.165) is 6.26 Å². The summed E-state index contributed by atoms with van der Waals surface area (Å²) in [5.41, 5.74) is 0. The molecule has 0 saturated heterocycles. The van der Waals surface area contributed by atoms with Gasteiger partial charge in [0.15, 0.2) is 0 Å². The molecule has 0 aromatic carbocycles. The van der Waals surface area contributed by atoms with E-state index >= 15 is 0 Å². The maximum absolute atomic E-state index is 7.94. The molecule has 0 aromatic rings. The van der Waals surface area contributed by atoms with Gasteiger partial charge in [-0.15, -0.1) is 0 Å². The SMILES string of the molecule is N#CO.[C-]#N.[C-]#N.[C-]#N.[C-]#N.[C-]#N.[O]=[Co]. The molecule has 0 aliphatic heterocycles. The molecular formula is C6HCoN6O2-5. The normalized spacial score (nSPS) is 1.47. The molecule has 15 heavy (non-hydrogen) atoms. The fourth-order valence-corrected chi connectivity index (χ4v) is 0. The summed E-state index contributed by atoms with van der Waals surface area (Å²) in [7, 11) is 0. The van der Waals surface area contributed by atoms with Crippen LogP contribution < -0.4 is 0 Å². The van der Waals surface area contributed by atoms with E-state index in [4.69, 9.17) is 73.4 Å². The molecule has 0 aliphatic rings. The summed E-state index contributed by atoms with van der Waals surface area (Å²) in [6.45, 7) is 23.8. The second kappa shape index (κ2) is 292. The number of hydrogen-bond donors (Lipinski definition) is 1. The summed E-state index contributed by atoms with van der Waals surface area (Å²) >= 11 is 2.31. The van der Waals surface area contributed by atoms with Crippen molar-refractivity contribution in [3.63, 3.8) is 0 Å². The van der Waals surface area contributed by atoms with Crippen LogP contribution in [0.2, 0.25) is 0 Å². The molecule has 0 amide bonds. The molecule has 9 heteroatoms. The van der Waals surface area contributed by atoms with Gasteiger partial charge in [0, 0.05) is 0 Å². The summed E-state index contributed by atoms with van der Waals surface area (Å²) in [4.78, 5) is 0. The molecule has 0 atom stereocenters. The molecule has 0 aliphatic carbocycles. The first-order chi connectivity index (χ1) is 7.41. The maximum atomic E-state index is 7.94. The summed E-state index contributed by atoms with van der Waals surface area (Å²) in [6, 6.07) is 0. The minimum absolute atomic E-state index is 0.750. The van der Waals surface area contributed by atoms with Gasteiger partial charge in [0.1, 0.15) is 0 Å². The molecule has 0 unspecified atom stereocenters. The average molecular weight is 248 g/mol. The Morgan fingerprint density at radius 3 is 0.733 bits per heavy atom. The fraction of sp³-hybridized carbons (Fsp3) is 0. The van der Waals surface area contributed by atoms with Gasteiger partial charge < -0.3 is 64.3 Å². The standard InChI is InChI=1S/CHNO.5CN.Co.O/c2-1-3;5*1-2;;/h3H;;;;;;;/q;5*-1;;. The summed E-state index contributed by atoms with van der Waals surface area (Å²) < 4.78 is 7.94. The zero-order valence-electron chi connectivity index (χ0n) is 6.87. The molecule has 0 aromatic heterocycles. The number of aliphatic hydroxyl groups excluding tert-OH is 1. The van der Waals surface area contributed by atoms with Gasteiger partial charge in [0.2, 0.25) is 0 Å². The Balaban J connectivity index is -0.0000000101. The van der Waals surface area contributed by atoms with Crippen molar-refractivity contribution in [3.05, 3.63) is 32.9 Å². The van der Waals surface area contributed by atoms with E-state index in [0.29, 0.717) is 0 Å².